The lowest BCUT2D eigenvalue weighted by Crippen LogP contribution is -1.92. The molecule has 0 amide bonds. The van der Waals surface area contributed by atoms with Gasteiger partial charge in [0.15, 0.2) is 0 Å². The summed E-state index contributed by atoms with van der Waals surface area (Å²) in [6.45, 7) is 0. The lowest BCUT2D eigenvalue weighted by Gasteiger charge is -2.16. The van der Waals surface area contributed by atoms with Gasteiger partial charge in [-0.2, -0.15) is 0 Å². The normalized spacial score (nSPS) is 10.7. The molecule has 116 valence electrons. The van der Waals surface area contributed by atoms with Crippen molar-refractivity contribution in [2.45, 2.75) is 0 Å². The number of fused-ring (bicyclic) bond motifs is 1. The standard InChI is InChI=1S/C23H18O/c1-24-22-16-15-18-11-5-6-13-20(18)23(22)21-14-8-7-12-19(21)17-9-3-2-4-10-17/h2-16H,1H3. The number of ether oxygens (including phenoxy) is 1. The van der Waals surface area contributed by atoms with Gasteiger partial charge in [0.25, 0.3) is 0 Å². The second-order valence-corrected chi connectivity index (χ2v) is 5.78. The molecule has 4 rings (SSSR count). The Kier molecular flexibility index (Phi) is 3.76. The molecular formula is C23H18O. The smallest absolute Gasteiger partial charge is 0.127 e. The molecule has 0 radical (unpaired) electrons. The van der Waals surface area contributed by atoms with Crippen molar-refractivity contribution in [2.24, 2.45) is 0 Å². The van der Waals surface area contributed by atoms with E-state index in [4.69, 9.17) is 4.74 Å². The van der Waals surface area contributed by atoms with Crippen LogP contribution < -0.4 is 4.74 Å². The minimum Gasteiger partial charge on any atom is -0.496 e. The van der Waals surface area contributed by atoms with E-state index in [1.54, 1.807) is 7.11 Å². The Morgan fingerprint density at radius 3 is 2.04 bits per heavy atom. The van der Waals surface area contributed by atoms with Gasteiger partial charge >= 0.3 is 0 Å². The number of rotatable bonds is 3. The van der Waals surface area contributed by atoms with E-state index in [0.29, 0.717) is 0 Å². The summed E-state index contributed by atoms with van der Waals surface area (Å²) >= 11 is 0. The number of benzene rings is 4. The summed E-state index contributed by atoms with van der Waals surface area (Å²) in [5.74, 6) is 0.900. The molecule has 0 N–H and O–H groups in total. The Hall–Kier alpha value is -3.06. The van der Waals surface area contributed by atoms with E-state index in [-0.39, 0.29) is 0 Å². The topological polar surface area (TPSA) is 9.23 Å². The monoisotopic (exact) mass is 310 g/mol. The molecule has 0 spiro atoms. The highest BCUT2D eigenvalue weighted by Crippen LogP contribution is 2.41. The fourth-order valence-electron chi connectivity index (χ4n) is 3.27. The first-order valence-electron chi connectivity index (χ1n) is 8.09. The van der Waals surface area contributed by atoms with E-state index < -0.39 is 0 Å². The Morgan fingerprint density at radius 1 is 0.583 bits per heavy atom. The molecule has 4 aromatic carbocycles. The quantitative estimate of drug-likeness (QED) is 0.439. The van der Waals surface area contributed by atoms with Gasteiger partial charge < -0.3 is 4.74 Å². The van der Waals surface area contributed by atoms with Crippen molar-refractivity contribution in [1.29, 1.82) is 0 Å². The first-order valence-corrected chi connectivity index (χ1v) is 8.09. The third-order valence-corrected chi connectivity index (χ3v) is 4.39. The number of hydrogen-bond donors (Lipinski definition) is 0. The lowest BCUT2D eigenvalue weighted by atomic mass is 9.91. The second kappa shape index (κ2) is 6.21. The van der Waals surface area contributed by atoms with Crippen LogP contribution in [0.1, 0.15) is 0 Å². The van der Waals surface area contributed by atoms with Gasteiger partial charge in [-0.1, -0.05) is 84.9 Å². The van der Waals surface area contributed by atoms with E-state index in [9.17, 15) is 0 Å². The summed E-state index contributed by atoms with van der Waals surface area (Å²) in [5.41, 5.74) is 4.77. The van der Waals surface area contributed by atoms with Crippen molar-refractivity contribution in [2.75, 3.05) is 7.11 Å². The average Bonchev–Trinajstić information content (AvgIpc) is 2.68. The van der Waals surface area contributed by atoms with Gasteiger partial charge in [0.2, 0.25) is 0 Å². The average molecular weight is 310 g/mol. The molecule has 1 heteroatoms. The van der Waals surface area contributed by atoms with Crippen molar-refractivity contribution in [3.63, 3.8) is 0 Å². The predicted molar refractivity (Wildman–Crippen MR) is 101 cm³/mol. The first-order chi connectivity index (χ1) is 11.9. The molecule has 0 saturated carbocycles. The molecule has 0 atom stereocenters. The van der Waals surface area contributed by atoms with E-state index in [2.05, 4.69) is 84.9 Å². The highest BCUT2D eigenvalue weighted by Gasteiger charge is 2.14. The predicted octanol–water partition coefficient (Wildman–Crippen LogP) is 6.18. The molecule has 0 aliphatic carbocycles. The van der Waals surface area contributed by atoms with Crippen molar-refractivity contribution in [3.05, 3.63) is 91.0 Å². The maximum absolute atomic E-state index is 5.70. The first kappa shape index (κ1) is 14.5. The largest absolute Gasteiger partial charge is 0.496 e. The number of methoxy groups -OCH3 is 1. The van der Waals surface area contributed by atoms with Gasteiger partial charge in [0, 0.05) is 5.56 Å². The van der Waals surface area contributed by atoms with Crippen molar-refractivity contribution >= 4 is 10.8 Å². The fraction of sp³-hybridized carbons (Fsp3) is 0.0435. The van der Waals surface area contributed by atoms with Crippen LogP contribution in [-0.2, 0) is 0 Å². The second-order valence-electron chi connectivity index (χ2n) is 5.78. The zero-order valence-corrected chi connectivity index (χ0v) is 13.6. The van der Waals surface area contributed by atoms with E-state index >= 15 is 0 Å². The summed E-state index contributed by atoms with van der Waals surface area (Å²) < 4.78 is 5.70. The third kappa shape index (κ3) is 2.44. The van der Waals surface area contributed by atoms with Crippen LogP contribution in [0, 0.1) is 0 Å². The van der Waals surface area contributed by atoms with E-state index in [0.717, 1.165) is 11.3 Å². The molecule has 0 aliphatic rings. The molecule has 4 aromatic rings. The molecule has 1 nitrogen and oxygen atoms in total. The van der Waals surface area contributed by atoms with Crippen LogP contribution in [0.5, 0.6) is 5.75 Å². The summed E-state index contributed by atoms with van der Waals surface area (Å²) in [6.07, 6.45) is 0. The Labute approximate surface area is 142 Å². The lowest BCUT2D eigenvalue weighted by molar-refractivity contribution is 0.417. The Balaban J connectivity index is 2.06. The molecule has 0 heterocycles. The van der Waals surface area contributed by atoms with Crippen LogP contribution in [-0.4, -0.2) is 7.11 Å². The van der Waals surface area contributed by atoms with Crippen LogP contribution >= 0.6 is 0 Å². The molecule has 0 bridgehead atoms. The van der Waals surface area contributed by atoms with Gasteiger partial charge in [0.1, 0.15) is 5.75 Å². The maximum atomic E-state index is 5.70. The van der Waals surface area contributed by atoms with Crippen LogP contribution in [0.4, 0.5) is 0 Å². The zero-order valence-electron chi connectivity index (χ0n) is 13.6. The van der Waals surface area contributed by atoms with Crippen molar-refractivity contribution in [3.8, 4) is 28.0 Å². The molecule has 0 aliphatic heterocycles. The van der Waals surface area contributed by atoms with E-state index in [1.165, 1.54) is 27.5 Å². The van der Waals surface area contributed by atoms with Gasteiger partial charge in [-0.15, -0.1) is 0 Å². The fourth-order valence-corrected chi connectivity index (χ4v) is 3.27. The van der Waals surface area contributed by atoms with Gasteiger partial charge in [-0.3, -0.25) is 0 Å². The van der Waals surface area contributed by atoms with Gasteiger partial charge in [-0.05, 0) is 33.5 Å². The highest BCUT2D eigenvalue weighted by molar-refractivity contribution is 6.03. The number of hydrogen-bond acceptors (Lipinski definition) is 1. The van der Waals surface area contributed by atoms with Crippen LogP contribution in [0.2, 0.25) is 0 Å². The SMILES string of the molecule is COc1ccc2ccccc2c1-c1ccccc1-c1ccccc1. The Bertz CT molecular complexity index is 987. The summed E-state index contributed by atoms with van der Waals surface area (Å²) in [4.78, 5) is 0. The van der Waals surface area contributed by atoms with E-state index in [1.807, 2.05) is 6.07 Å². The summed E-state index contributed by atoms with van der Waals surface area (Å²) in [5, 5.41) is 2.43. The maximum Gasteiger partial charge on any atom is 0.127 e. The molecule has 0 aromatic heterocycles. The molecule has 0 unspecified atom stereocenters. The van der Waals surface area contributed by atoms with Gasteiger partial charge in [-0.25, -0.2) is 0 Å². The third-order valence-electron chi connectivity index (χ3n) is 4.39. The van der Waals surface area contributed by atoms with Gasteiger partial charge in [0.05, 0.1) is 7.11 Å². The molecule has 0 saturated heterocycles. The highest BCUT2D eigenvalue weighted by atomic mass is 16.5. The van der Waals surface area contributed by atoms with Crippen LogP contribution in [0.15, 0.2) is 91.0 Å². The Morgan fingerprint density at radius 2 is 1.25 bits per heavy atom. The molecule has 24 heavy (non-hydrogen) atoms. The van der Waals surface area contributed by atoms with Crippen molar-refractivity contribution < 1.29 is 4.74 Å². The molecule has 0 fully saturated rings. The minimum absolute atomic E-state index is 0.900. The van der Waals surface area contributed by atoms with Crippen molar-refractivity contribution in [1.82, 2.24) is 0 Å². The molecular weight excluding hydrogens is 292 g/mol. The zero-order chi connectivity index (χ0) is 16.4. The van der Waals surface area contributed by atoms with Crippen LogP contribution in [0.25, 0.3) is 33.0 Å². The van der Waals surface area contributed by atoms with Crippen LogP contribution in [0.3, 0.4) is 0 Å². The minimum atomic E-state index is 0.900. The summed E-state index contributed by atoms with van der Waals surface area (Å²) in [6, 6.07) is 31.6. The summed E-state index contributed by atoms with van der Waals surface area (Å²) in [7, 11) is 1.73.